The summed E-state index contributed by atoms with van der Waals surface area (Å²) in [6.45, 7) is 5.21. The van der Waals surface area contributed by atoms with E-state index >= 15 is 0 Å². The van der Waals surface area contributed by atoms with Gasteiger partial charge in [0, 0.05) is 30.5 Å². The van der Waals surface area contributed by atoms with Crippen molar-refractivity contribution in [3.05, 3.63) is 66.8 Å². The van der Waals surface area contributed by atoms with Gasteiger partial charge in [0.05, 0.1) is 7.11 Å². The molecule has 0 radical (unpaired) electrons. The molecule has 1 aliphatic rings. The standard InChI is InChI=1S/C22H23N3O4/c1-3-13-29-19-9-7-16(14-20(19)28-2)8-10-21(26)24-17-5-4-6-18(15-17)25-12-11-23-22(25)27/h3-10,14-15H,1,11-13H2,2H3,(H,23,27)(H,24,26)/b10-8+. The molecule has 0 atom stereocenters. The van der Waals surface area contributed by atoms with Crippen LogP contribution in [0.2, 0.25) is 0 Å². The van der Waals surface area contributed by atoms with Gasteiger partial charge in [-0.3, -0.25) is 9.69 Å². The molecule has 7 nitrogen and oxygen atoms in total. The summed E-state index contributed by atoms with van der Waals surface area (Å²) in [5, 5.41) is 5.56. The lowest BCUT2D eigenvalue weighted by Crippen LogP contribution is -2.27. The summed E-state index contributed by atoms with van der Waals surface area (Å²) in [6, 6.07) is 12.4. The molecule has 0 aromatic heterocycles. The smallest absolute Gasteiger partial charge is 0.321 e. The molecule has 3 rings (SSSR count). The first-order valence-corrected chi connectivity index (χ1v) is 9.17. The van der Waals surface area contributed by atoms with Crippen LogP contribution in [0.15, 0.2) is 61.2 Å². The summed E-state index contributed by atoms with van der Waals surface area (Å²) in [7, 11) is 1.56. The SMILES string of the molecule is C=CCOc1ccc(/C=C/C(=O)Nc2cccc(N3CCNC3=O)c2)cc1OC. The van der Waals surface area contributed by atoms with Gasteiger partial charge in [0.2, 0.25) is 5.91 Å². The lowest BCUT2D eigenvalue weighted by molar-refractivity contribution is -0.111. The maximum absolute atomic E-state index is 12.3. The second-order valence-electron chi connectivity index (χ2n) is 6.27. The molecule has 2 N–H and O–H groups in total. The molecule has 0 saturated carbocycles. The molecule has 0 bridgehead atoms. The Morgan fingerprint density at radius 2 is 2.14 bits per heavy atom. The van der Waals surface area contributed by atoms with Crippen molar-refractivity contribution < 1.29 is 19.1 Å². The average Bonchev–Trinajstić information content (AvgIpc) is 3.17. The van der Waals surface area contributed by atoms with E-state index in [-0.39, 0.29) is 11.9 Å². The number of urea groups is 1. The summed E-state index contributed by atoms with van der Waals surface area (Å²) < 4.78 is 10.8. The highest BCUT2D eigenvalue weighted by atomic mass is 16.5. The van der Waals surface area contributed by atoms with Gasteiger partial charge in [0.25, 0.3) is 0 Å². The Balaban J connectivity index is 1.65. The van der Waals surface area contributed by atoms with Gasteiger partial charge in [0.1, 0.15) is 6.61 Å². The van der Waals surface area contributed by atoms with Gasteiger partial charge in [-0.1, -0.05) is 24.8 Å². The van der Waals surface area contributed by atoms with E-state index in [1.54, 1.807) is 54.5 Å². The van der Waals surface area contributed by atoms with Crippen LogP contribution in [-0.4, -0.2) is 38.7 Å². The number of hydrogen-bond acceptors (Lipinski definition) is 4. The lowest BCUT2D eigenvalue weighted by atomic mass is 10.2. The van der Waals surface area contributed by atoms with E-state index in [4.69, 9.17) is 9.47 Å². The van der Waals surface area contributed by atoms with E-state index in [9.17, 15) is 9.59 Å². The maximum atomic E-state index is 12.3. The average molecular weight is 393 g/mol. The Bertz CT molecular complexity index is 939. The molecule has 1 saturated heterocycles. The van der Waals surface area contributed by atoms with Gasteiger partial charge in [-0.05, 0) is 42.0 Å². The molecule has 1 fully saturated rings. The van der Waals surface area contributed by atoms with Gasteiger partial charge >= 0.3 is 6.03 Å². The van der Waals surface area contributed by atoms with Crippen molar-refractivity contribution >= 4 is 29.4 Å². The van der Waals surface area contributed by atoms with Crippen molar-refractivity contribution in [2.24, 2.45) is 0 Å². The van der Waals surface area contributed by atoms with Crippen LogP contribution in [-0.2, 0) is 4.79 Å². The highest BCUT2D eigenvalue weighted by Crippen LogP contribution is 2.28. The fraction of sp³-hybridized carbons (Fsp3) is 0.182. The Kier molecular flexibility index (Phi) is 6.52. The molecule has 0 spiro atoms. The topological polar surface area (TPSA) is 79.9 Å². The number of rotatable bonds is 8. The molecule has 3 amide bonds. The first kappa shape index (κ1) is 20.0. The van der Waals surface area contributed by atoms with Crippen molar-refractivity contribution in [2.45, 2.75) is 0 Å². The van der Waals surface area contributed by atoms with Crippen LogP contribution in [0.3, 0.4) is 0 Å². The Hall–Kier alpha value is -3.74. The van der Waals surface area contributed by atoms with Crippen molar-refractivity contribution in [3.63, 3.8) is 0 Å². The zero-order chi connectivity index (χ0) is 20.6. The van der Waals surface area contributed by atoms with Gasteiger partial charge in [0.15, 0.2) is 11.5 Å². The number of carbonyl (C=O) groups excluding carboxylic acids is 2. The molecule has 2 aromatic carbocycles. The molecule has 0 aliphatic carbocycles. The molecule has 2 aromatic rings. The first-order valence-electron chi connectivity index (χ1n) is 9.17. The summed E-state index contributed by atoms with van der Waals surface area (Å²) in [4.78, 5) is 25.7. The fourth-order valence-corrected chi connectivity index (χ4v) is 2.88. The highest BCUT2D eigenvalue weighted by Gasteiger charge is 2.21. The Morgan fingerprint density at radius 1 is 1.28 bits per heavy atom. The van der Waals surface area contributed by atoms with Gasteiger partial charge < -0.3 is 20.1 Å². The minimum atomic E-state index is -0.279. The van der Waals surface area contributed by atoms with E-state index in [0.29, 0.717) is 36.9 Å². The van der Waals surface area contributed by atoms with Crippen LogP contribution in [0.1, 0.15) is 5.56 Å². The van der Waals surface area contributed by atoms with Crippen LogP contribution in [0.4, 0.5) is 16.2 Å². The van der Waals surface area contributed by atoms with Crippen LogP contribution in [0.25, 0.3) is 6.08 Å². The first-order chi connectivity index (χ1) is 14.1. The van der Waals surface area contributed by atoms with Crippen molar-refractivity contribution in [3.8, 4) is 11.5 Å². The van der Waals surface area contributed by atoms with E-state index in [1.807, 2.05) is 12.1 Å². The highest BCUT2D eigenvalue weighted by molar-refractivity contribution is 6.02. The normalized spacial score (nSPS) is 13.3. The summed E-state index contributed by atoms with van der Waals surface area (Å²) in [6.07, 6.45) is 4.78. The molecule has 0 unspecified atom stereocenters. The third-order valence-corrected chi connectivity index (χ3v) is 4.25. The number of benzene rings is 2. The molecule has 1 aliphatic heterocycles. The quantitative estimate of drug-likeness (QED) is 0.532. The van der Waals surface area contributed by atoms with Crippen molar-refractivity contribution in [1.29, 1.82) is 0 Å². The number of ether oxygens (including phenoxy) is 2. The van der Waals surface area contributed by atoms with Gasteiger partial charge in [-0.15, -0.1) is 0 Å². The maximum Gasteiger partial charge on any atom is 0.321 e. The number of carbonyl (C=O) groups is 2. The molecule has 29 heavy (non-hydrogen) atoms. The summed E-state index contributed by atoms with van der Waals surface area (Å²) in [5.41, 5.74) is 2.15. The molecule has 7 heteroatoms. The zero-order valence-corrected chi connectivity index (χ0v) is 16.2. The number of nitrogens with one attached hydrogen (secondary N) is 2. The number of methoxy groups -OCH3 is 1. The van der Waals surface area contributed by atoms with Gasteiger partial charge in [-0.2, -0.15) is 0 Å². The minimum Gasteiger partial charge on any atom is -0.493 e. The summed E-state index contributed by atoms with van der Waals surface area (Å²) >= 11 is 0. The number of nitrogens with zero attached hydrogens (tertiary/aromatic N) is 1. The Labute approximate surface area is 169 Å². The monoisotopic (exact) mass is 393 g/mol. The van der Waals surface area contributed by atoms with E-state index in [0.717, 1.165) is 11.3 Å². The third-order valence-electron chi connectivity index (χ3n) is 4.25. The van der Waals surface area contributed by atoms with Crippen molar-refractivity contribution in [1.82, 2.24) is 5.32 Å². The molecular weight excluding hydrogens is 370 g/mol. The van der Waals surface area contributed by atoms with Crippen molar-refractivity contribution in [2.75, 3.05) is 37.0 Å². The van der Waals surface area contributed by atoms with Crippen LogP contribution < -0.4 is 25.0 Å². The van der Waals surface area contributed by atoms with E-state index in [2.05, 4.69) is 17.2 Å². The minimum absolute atomic E-state index is 0.136. The Morgan fingerprint density at radius 3 is 2.86 bits per heavy atom. The van der Waals surface area contributed by atoms with Gasteiger partial charge in [-0.25, -0.2) is 4.79 Å². The predicted molar refractivity (Wildman–Crippen MR) is 114 cm³/mol. The predicted octanol–water partition coefficient (Wildman–Crippen LogP) is 3.44. The van der Waals surface area contributed by atoms with Crippen LogP contribution >= 0.6 is 0 Å². The zero-order valence-electron chi connectivity index (χ0n) is 16.2. The van der Waals surface area contributed by atoms with E-state index < -0.39 is 0 Å². The number of amides is 3. The van der Waals surface area contributed by atoms with Crippen LogP contribution in [0, 0.1) is 0 Å². The van der Waals surface area contributed by atoms with E-state index in [1.165, 1.54) is 6.08 Å². The molecular formula is C22H23N3O4. The lowest BCUT2D eigenvalue weighted by Gasteiger charge is -2.15. The number of hydrogen-bond donors (Lipinski definition) is 2. The van der Waals surface area contributed by atoms with Crippen LogP contribution in [0.5, 0.6) is 11.5 Å². The fourth-order valence-electron chi connectivity index (χ4n) is 2.88. The second kappa shape index (κ2) is 9.45. The third kappa shape index (κ3) is 5.16. The number of anilines is 2. The molecule has 1 heterocycles. The molecule has 150 valence electrons. The summed E-state index contributed by atoms with van der Waals surface area (Å²) in [5.74, 6) is 0.904. The largest absolute Gasteiger partial charge is 0.493 e. The second-order valence-corrected chi connectivity index (χ2v) is 6.27.